The zero-order chi connectivity index (χ0) is 13.1. The molecule has 1 aliphatic carbocycles. The van der Waals surface area contributed by atoms with E-state index >= 15 is 0 Å². The number of nitrogens with one attached hydrogen (secondary N) is 1. The Labute approximate surface area is 124 Å². The summed E-state index contributed by atoms with van der Waals surface area (Å²) in [6, 6.07) is 6.94. The quantitative estimate of drug-likeness (QED) is 0.806. The number of thioether (sulfide) groups is 1. The highest BCUT2D eigenvalue weighted by Crippen LogP contribution is 2.33. The van der Waals surface area contributed by atoms with Crippen molar-refractivity contribution in [2.45, 2.75) is 49.3 Å². The summed E-state index contributed by atoms with van der Waals surface area (Å²) in [5.74, 6) is 1.01. The monoisotopic (exact) mass is 297 g/mol. The van der Waals surface area contributed by atoms with E-state index in [0.717, 1.165) is 30.0 Å². The van der Waals surface area contributed by atoms with Gasteiger partial charge in [-0.25, -0.2) is 0 Å². The van der Waals surface area contributed by atoms with Crippen molar-refractivity contribution in [3.8, 4) is 0 Å². The van der Waals surface area contributed by atoms with Gasteiger partial charge in [-0.3, -0.25) is 0 Å². The molecule has 19 heavy (non-hydrogen) atoms. The molecule has 0 radical (unpaired) electrons. The predicted molar refractivity (Wildman–Crippen MR) is 81.0 cm³/mol. The molecule has 0 amide bonds. The molecule has 2 fully saturated rings. The van der Waals surface area contributed by atoms with Crippen molar-refractivity contribution in [2.24, 2.45) is 0 Å². The summed E-state index contributed by atoms with van der Waals surface area (Å²) < 4.78 is 5.68. The largest absolute Gasteiger partial charge is 0.377 e. The first kappa shape index (κ1) is 13.7. The lowest BCUT2D eigenvalue weighted by atomic mass is 10.2. The van der Waals surface area contributed by atoms with E-state index in [9.17, 15) is 0 Å². The van der Waals surface area contributed by atoms with Gasteiger partial charge in [0.05, 0.1) is 11.1 Å². The third kappa shape index (κ3) is 3.88. The van der Waals surface area contributed by atoms with E-state index in [1.54, 1.807) is 0 Å². The molecule has 1 saturated carbocycles. The van der Waals surface area contributed by atoms with Gasteiger partial charge in [0.2, 0.25) is 0 Å². The molecule has 1 unspecified atom stereocenters. The molecular weight excluding hydrogens is 278 g/mol. The van der Waals surface area contributed by atoms with Gasteiger partial charge in [-0.1, -0.05) is 23.7 Å². The fourth-order valence-corrected chi connectivity index (χ4v) is 3.85. The summed E-state index contributed by atoms with van der Waals surface area (Å²) in [6.07, 6.45) is 5.43. The number of benzene rings is 1. The summed E-state index contributed by atoms with van der Waals surface area (Å²) in [7, 11) is 0. The molecule has 0 aromatic heterocycles. The SMILES string of the molecule is Clc1cccc(CNC2CC2)c1SCC1CCCO1. The first-order chi connectivity index (χ1) is 9.33. The average Bonchev–Trinajstić information content (AvgIpc) is 3.10. The third-order valence-corrected chi connectivity index (χ3v) is 5.38. The summed E-state index contributed by atoms with van der Waals surface area (Å²) in [5.41, 5.74) is 1.32. The van der Waals surface area contributed by atoms with Crippen molar-refractivity contribution < 1.29 is 4.74 Å². The topological polar surface area (TPSA) is 21.3 Å². The molecule has 1 saturated heterocycles. The molecule has 1 heterocycles. The standard InChI is InChI=1S/C15H20ClNOS/c16-14-5-1-3-11(9-17-12-6-7-12)15(14)19-10-13-4-2-8-18-13/h1,3,5,12-13,17H,2,4,6-10H2. The second-order valence-electron chi connectivity index (χ2n) is 5.33. The maximum absolute atomic E-state index is 6.36. The van der Waals surface area contributed by atoms with Gasteiger partial charge in [0.1, 0.15) is 0 Å². The Balaban J connectivity index is 1.62. The minimum atomic E-state index is 0.408. The highest BCUT2D eigenvalue weighted by molar-refractivity contribution is 7.99. The zero-order valence-corrected chi connectivity index (χ0v) is 12.6. The van der Waals surface area contributed by atoms with E-state index in [1.165, 1.54) is 36.1 Å². The van der Waals surface area contributed by atoms with Crippen LogP contribution in [0, 0.1) is 0 Å². The molecular formula is C15H20ClNOS. The maximum Gasteiger partial charge on any atom is 0.0669 e. The summed E-state index contributed by atoms with van der Waals surface area (Å²) in [6.45, 7) is 1.85. The Kier molecular flexibility index (Phi) is 4.69. The van der Waals surface area contributed by atoms with E-state index < -0.39 is 0 Å². The van der Waals surface area contributed by atoms with Crippen molar-refractivity contribution in [1.82, 2.24) is 5.32 Å². The number of rotatable bonds is 6. The van der Waals surface area contributed by atoms with Crippen molar-refractivity contribution in [2.75, 3.05) is 12.4 Å². The van der Waals surface area contributed by atoms with Gasteiger partial charge in [-0.2, -0.15) is 0 Å². The third-order valence-electron chi connectivity index (χ3n) is 3.64. The highest BCUT2D eigenvalue weighted by atomic mass is 35.5. The molecule has 2 nitrogen and oxygen atoms in total. The molecule has 1 N–H and O–H groups in total. The number of hydrogen-bond acceptors (Lipinski definition) is 3. The summed E-state index contributed by atoms with van der Waals surface area (Å²) in [5, 5.41) is 4.44. The van der Waals surface area contributed by atoms with Crippen molar-refractivity contribution >= 4 is 23.4 Å². The van der Waals surface area contributed by atoms with Crippen LogP contribution in [0.4, 0.5) is 0 Å². The second-order valence-corrected chi connectivity index (χ2v) is 6.77. The molecule has 1 aromatic carbocycles. The van der Waals surface area contributed by atoms with Gasteiger partial charge in [-0.15, -0.1) is 11.8 Å². The Morgan fingerprint density at radius 3 is 2.95 bits per heavy atom. The lowest BCUT2D eigenvalue weighted by Crippen LogP contribution is -2.16. The van der Waals surface area contributed by atoms with E-state index in [4.69, 9.17) is 16.3 Å². The van der Waals surface area contributed by atoms with Crippen LogP contribution in [0.2, 0.25) is 5.02 Å². The number of halogens is 1. The highest BCUT2D eigenvalue weighted by Gasteiger charge is 2.21. The molecule has 0 bridgehead atoms. The minimum Gasteiger partial charge on any atom is -0.377 e. The molecule has 3 rings (SSSR count). The Hall–Kier alpha value is -0.220. The van der Waals surface area contributed by atoms with Crippen molar-refractivity contribution in [1.29, 1.82) is 0 Å². The van der Waals surface area contributed by atoms with Crippen LogP contribution in [0.15, 0.2) is 23.1 Å². The van der Waals surface area contributed by atoms with Crippen LogP contribution in [-0.4, -0.2) is 24.5 Å². The van der Waals surface area contributed by atoms with Gasteiger partial charge in [0, 0.05) is 29.8 Å². The smallest absolute Gasteiger partial charge is 0.0669 e. The average molecular weight is 298 g/mol. The molecule has 4 heteroatoms. The second kappa shape index (κ2) is 6.49. The zero-order valence-electron chi connectivity index (χ0n) is 11.0. The molecule has 104 valence electrons. The summed E-state index contributed by atoms with van der Waals surface area (Å²) >= 11 is 8.20. The molecule has 0 spiro atoms. The van der Waals surface area contributed by atoms with Crippen LogP contribution < -0.4 is 5.32 Å². The van der Waals surface area contributed by atoms with Gasteiger partial charge in [0.15, 0.2) is 0 Å². The lowest BCUT2D eigenvalue weighted by Gasteiger charge is -2.14. The van der Waals surface area contributed by atoms with E-state index in [0.29, 0.717) is 6.10 Å². The minimum absolute atomic E-state index is 0.408. The van der Waals surface area contributed by atoms with Crippen LogP contribution in [0.3, 0.4) is 0 Å². The number of hydrogen-bond donors (Lipinski definition) is 1. The predicted octanol–water partition coefficient (Wildman–Crippen LogP) is 3.86. The van der Waals surface area contributed by atoms with Gasteiger partial charge >= 0.3 is 0 Å². The molecule has 1 aliphatic heterocycles. The van der Waals surface area contributed by atoms with Crippen LogP contribution in [0.1, 0.15) is 31.2 Å². The Bertz CT molecular complexity index is 430. The van der Waals surface area contributed by atoms with Crippen LogP contribution in [0.25, 0.3) is 0 Å². The Morgan fingerprint density at radius 2 is 2.21 bits per heavy atom. The first-order valence-corrected chi connectivity index (χ1v) is 8.44. The molecule has 2 aliphatic rings. The van der Waals surface area contributed by atoms with Crippen LogP contribution in [-0.2, 0) is 11.3 Å². The lowest BCUT2D eigenvalue weighted by molar-refractivity contribution is 0.129. The fourth-order valence-electron chi connectivity index (χ4n) is 2.35. The maximum atomic E-state index is 6.36. The van der Waals surface area contributed by atoms with Crippen LogP contribution in [0.5, 0.6) is 0 Å². The normalized spacial score (nSPS) is 22.9. The fraction of sp³-hybridized carbons (Fsp3) is 0.600. The van der Waals surface area contributed by atoms with Gasteiger partial charge in [-0.05, 0) is 37.3 Å². The van der Waals surface area contributed by atoms with E-state index in [-0.39, 0.29) is 0 Å². The van der Waals surface area contributed by atoms with Gasteiger partial charge in [0.25, 0.3) is 0 Å². The Morgan fingerprint density at radius 1 is 1.32 bits per heavy atom. The molecule has 1 aromatic rings. The molecule has 1 atom stereocenters. The summed E-state index contributed by atoms with van der Waals surface area (Å²) in [4.78, 5) is 1.23. The van der Waals surface area contributed by atoms with Crippen LogP contribution >= 0.6 is 23.4 Å². The van der Waals surface area contributed by atoms with E-state index in [1.807, 2.05) is 23.9 Å². The van der Waals surface area contributed by atoms with Crippen molar-refractivity contribution in [3.05, 3.63) is 28.8 Å². The van der Waals surface area contributed by atoms with E-state index in [2.05, 4.69) is 11.4 Å². The number of ether oxygens (including phenoxy) is 1. The van der Waals surface area contributed by atoms with Crippen molar-refractivity contribution in [3.63, 3.8) is 0 Å². The van der Waals surface area contributed by atoms with Gasteiger partial charge < -0.3 is 10.1 Å². The first-order valence-electron chi connectivity index (χ1n) is 7.08.